The third-order valence-corrected chi connectivity index (χ3v) is 5.18. The molecule has 0 aliphatic rings. The minimum atomic E-state index is 0.0349. The molecule has 5 heteroatoms. The van der Waals surface area contributed by atoms with E-state index in [2.05, 4.69) is 42.0 Å². The highest BCUT2D eigenvalue weighted by Crippen LogP contribution is 2.29. The molecule has 1 heterocycles. The van der Waals surface area contributed by atoms with Crippen molar-refractivity contribution < 1.29 is 4.74 Å². The Balaban J connectivity index is 2.11. The quantitative estimate of drug-likeness (QED) is 0.716. The molecule has 1 aromatic carbocycles. The molecule has 0 saturated carbocycles. The van der Waals surface area contributed by atoms with Crippen LogP contribution in [-0.2, 0) is 13.2 Å². The summed E-state index contributed by atoms with van der Waals surface area (Å²) in [6.45, 7) is 7.62. The molecule has 0 fully saturated rings. The van der Waals surface area contributed by atoms with Crippen LogP contribution >= 0.6 is 38.9 Å². The van der Waals surface area contributed by atoms with Gasteiger partial charge in [0, 0.05) is 27.1 Å². The van der Waals surface area contributed by atoms with Gasteiger partial charge in [-0.05, 0) is 60.3 Å². The summed E-state index contributed by atoms with van der Waals surface area (Å²) in [6.07, 6.45) is 0. The number of hydrogen-bond donors (Lipinski definition) is 1. The van der Waals surface area contributed by atoms with Crippen molar-refractivity contribution in [2.75, 3.05) is 0 Å². The van der Waals surface area contributed by atoms with Crippen LogP contribution in [0.4, 0.5) is 0 Å². The zero-order valence-electron chi connectivity index (χ0n) is 12.4. The number of nitrogens with one attached hydrogen (secondary N) is 1. The summed E-state index contributed by atoms with van der Waals surface area (Å²) in [5, 5.41) is 6.23. The number of ether oxygens (including phenoxy) is 1. The minimum absolute atomic E-state index is 0.0349. The predicted octanol–water partition coefficient (Wildman–Crippen LogP) is 5.63. The van der Waals surface area contributed by atoms with Gasteiger partial charge in [-0.1, -0.05) is 17.7 Å². The summed E-state index contributed by atoms with van der Waals surface area (Å²) in [4.78, 5) is 1.17. The highest BCUT2D eigenvalue weighted by Gasteiger charge is 2.14. The molecule has 0 amide bonds. The smallest absolute Gasteiger partial charge is 0.125 e. The Hall–Kier alpha value is -0.550. The van der Waals surface area contributed by atoms with E-state index in [4.69, 9.17) is 16.3 Å². The maximum absolute atomic E-state index is 6.32. The normalized spacial score (nSPS) is 11.7. The third kappa shape index (κ3) is 4.99. The summed E-state index contributed by atoms with van der Waals surface area (Å²) in [7, 11) is 0. The maximum Gasteiger partial charge on any atom is 0.125 e. The molecule has 2 aromatic rings. The van der Waals surface area contributed by atoms with E-state index < -0.39 is 0 Å². The van der Waals surface area contributed by atoms with E-state index in [1.54, 1.807) is 11.3 Å². The fourth-order valence-electron chi connectivity index (χ4n) is 1.77. The van der Waals surface area contributed by atoms with Crippen LogP contribution in [0.3, 0.4) is 0 Å². The molecular weight excluding hydrogens is 370 g/mol. The lowest BCUT2D eigenvalue weighted by Gasteiger charge is -2.22. The first-order valence-electron chi connectivity index (χ1n) is 6.74. The number of hydrogen-bond acceptors (Lipinski definition) is 3. The van der Waals surface area contributed by atoms with Crippen molar-refractivity contribution in [2.24, 2.45) is 0 Å². The van der Waals surface area contributed by atoms with Crippen molar-refractivity contribution >= 4 is 38.9 Å². The van der Waals surface area contributed by atoms with Gasteiger partial charge in [0.1, 0.15) is 12.4 Å². The zero-order valence-corrected chi connectivity index (χ0v) is 15.5. The molecular formula is C16H19BrClNOS. The van der Waals surface area contributed by atoms with Crippen LogP contribution < -0.4 is 10.1 Å². The molecule has 2 rings (SSSR count). The summed E-state index contributed by atoms with van der Waals surface area (Å²) in [5.41, 5.74) is 1.04. The topological polar surface area (TPSA) is 21.3 Å². The van der Waals surface area contributed by atoms with Crippen LogP contribution in [0.1, 0.15) is 31.2 Å². The molecule has 114 valence electrons. The average molecular weight is 389 g/mol. The highest BCUT2D eigenvalue weighted by atomic mass is 79.9. The van der Waals surface area contributed by atoms with Crippen LogP contribution in [0, 0.1) is 0 Å². The Morgan fingerprint density at radius 3 is 2.67 bits per heavy atom. The highest BCUT2D eigenvalue weighted by molar-refractivity contribution is 9.10. The Labute approximate surface area is 143 Å². The van der Waals surface area contributed by atoms with Gasteiger partial charge < -0.3 is 10.1 Å². The van der Waals surface area contributed by atoms with E-state index in [0.717, 1.165) is 20.8 Å². The van der Waals surface area contributed by atoms with Crippen LogP contribution in [0.5, 0.6) is 5.75 Å². The van der Waals surface area contributed by atoms with E-state index >= 15 is 0 Å². The monoisotopic (exact) mass is 387 g/mol. The van der Waals surface area contributed by atoms with Crippen LogP contribution in [0.25, 0.3) is 0 Å². The molecule has 0 aliphatic heterocycles. The van der Waals surface area contributed by atoms with E-state index in [1.165, 1.54) is 4.88 Å². The fourth-order valence-corrected chi connectivity index (χ4v) is 3.38. The summed E-state index contributed by atoms with van der Waals surface area (Å²) in [6, 6.07) is 7.81. The largest absolute Gasteiger partial charge is 0.488 e. The second-order valence-electron chi connectivity index (χ2n) is 5.80. The molecule has 1 aromatic heterocycles. The minimum Gasteiger partial charge on any atom is -0.488 e. The summed E-state index contributed by atoms with van der Waals surface area (Å²) >= 11 is 11.5. The lowest BCUT2D eigenvalue weighted by Crippen LogP contribution is -2.35. The second kappa shape index (κ2) is 7.14. The van der Waals surface area contributed by atoms with E-state index in [0.29, 0.717) is 13.2 Å². The number of rotatable bonds is 5. The van der Waals surface area contributed by atoms with Crippen molar-refractivity contribution in [1.29, 1.82) is 0 Å². The molecule has 0 bridgehead atoms. The fraction of sp³-hybridized carbons (Fsp3) is 0.375. The van der Waals surface area contributed by atoms with Gasteiger partial charge in [0.25, 0.3) is 0 Å². The van der Waals surface area contributed by atoms with Gasteiger partial charge >= 0.3 is 0 Å². The van der Waals surface area contributed by atoms with Crippen LogP contribution in [-0.4, -0.2) is 5.54 Å². The number of benzene rings is 1. The SMILES string of the molecule is CC(C)(C)NCc1c(Cl)cccc1OCc1sccc1Br. The Morgan fingerprint density at radius 1 is 1.29 bits per heavy atom. The molecule has 0 radical (unpaired) electrons. The molecule has 0 unspecified atom stereocenters. The second-order valence-corrected chi connectivity index (χ2v) is 8.06. The first-order chi connectivity index (χ1) is 9.87. The van der Waals surface area contributed by atoms with Gasteiger partial charge in [0.2, 0.25) is 0 Å². The van der Waals surface area contributed by atoms with Crippen molar-refractivity contribution in [3.63, 3.8) is 0 Å². The molecule has 1 N–H and O–H groups in total. The lowest BCUT2D eigenvalue weighted by molar-refractivity contribution is 0.303. The van der Waals surface area contributed by atoms with E-state index in [9.17, 15) is 0 Å². The Morgan fingerprint density at radius 2 is 2.05 bits per heavy atom. The molecule has 0 aliphatic carbocycles. The first kappa shape index (κ1) is 16.8. The standard InChI is InChI=1S/C16H19BrClNOS/c1-16(2,3)19-9-11-13(18)5-4-6-14(11)20-10-15-12(17)7-8-21-15/h4-8,19H,9-10H2,1-3H3. The van der Waals surface area contributed by atoms with E-state index in [1.807, 2.05) is 29.6 Å². The molecule has 0 saturated heterocycles. The summed E-state index contributed by atoms with van der Waals surface area (Å²) in [5.74, 6) is 0.833. The van der Waals surface area contributed by atoms with E-state index in [-0.39, 0.29) is 5.54 Å². The van der Waals surface area contributed by atoms with Crippen LogP contribution in [0.15, 0.2) is 34.1 Å². The van der Waals surface area contributed by atoms with Gasteiger partial charge in [-0.2, -0.15) is 0 Å². The summed E-state index contributed by atoms with van der Waals surface area (Å²) < 4.78 is 7.05. The van der Waals surface area contributed by atoms with Crippen LogP contribution in [0.2, 0.25) is 5.02 Å². The molecule has 0 atom stereocenters. The average Bonchev–Trinajstić information content (AvgIpc) is 2.79. The lowest BCUT2D eigenvalue weighted by atomic mass is 10.1. The number of halogens is 2. The van der Waals surface area contributed by atoms with Gasteiger partial charge in [-0.25, -0.2) is 0 Å². The molecule has 21 heavy (non-hydrogen) atoms. The van der Waals surface area contributed by atoms with Crippen molar-refractivity contribution in [1.82, 2.24) is 5.32 Å². The van der Waals surface area contributed by atoms with Gasteiger partial charge in [0.15, 0.2) is 0 Å². The maximum atomic E-state index is 6.32. The third-order valence-electron chi connectivity index (χ3n) is 2.92. The molecule has 0 spiro atoms. The van der Waals surface area contributed by atoms with Gasteiger partial charge in [0.05, 0.1) is 4.88 Å². The van der Waals surface area contributed by atoms with Crippen molar-refractivity contribution in [3.05, 3.63) is 49.6 Å². The Bertz CT molecular complexity index is 607. The molecule has 2 nitrogen and oxygen atoms in total. The van der Waals surface area contributed by atoms with Gasteiger partial charge in [-0.15, -0.1) is 11.3 Å². The number of thiophene rings is 1. The zero-order chi connectivity index (χ0) is 15.5. The predicted molar refractivity (Wildman–Crippen MR) is 94.4 cm³/mol. The van der Waals surface area contributed by atoms with Crippen molar-refractivity contribution in [2.45, 2.75) is 39.5 Å². The Kier molecular flexibility index (Phi) is 5.72. The first-order valence-corrected chi connectivity index (χ1v) is 8.79. The van der Waals surface area contributed by atoms with Crippen molar-refractivity contribution in [3.8, 4) is 5.75 Å². The van der Waals surface area contributed by atoms with Gasteiger partial charge in [-0.3, -0.25) is 0 Å².